The zero-order valence-electron chi connectivity index (χ0n) is 12.6. The SMILES string of the molecule is O=C(NO)C1(C2CCCCCCC2)CCCCCCN1. The average Bonchev–Trinajstić information content (AvgIpc) is 2.39. The molecular formula is C16H30N2O2. The van der Waals surface area contributed by atoms with E-state index in [0.29, 0.717) is 5.92 Å². The number of amides is 1. The Balaban J connectivity index is 2.16. The Morgan fingerprint density at radius 3 is 2.25 bits per heavy atom. The van der Waals surface area contributed by atoms with Crippen LogP contribution in [0, 0.1) is 5.92 Å². The predicted molar refractivity (Wildman–Crippen MR) is 79.6 cm³/mol. The third-order valence-corrected chi connectivity index (χ3v) is 5.25. The van der Waals surface area contributed by atoms with Crippen LogP contribution in [0.15, 0.2) is 0 Å². The average molecular weight is 282 g/mol. The zero-order valence-corrected chi connectivity index (χ0v) is 12.6. The van der Waals surface area contributed by atoms with E-state index in [0.717, 1.165) is 38.6 Å². The topological polar surface area (TPSA) is 61.4 Å². The second-order valence-electron chi connectivity index (χ2n) is 6.55. The summed E-state index contributed by atoms with van der Waals surface area (Å²) in [5.74, 6) is 0.165. The van der Waals surface area contributed by atoms with Gasteiger partial charge in [-0.1, -0.05) is 51.4 Å². The van der Waals surface area contributed by atoms with Crippen LogP contribution in [0.4, 0.5) is 0 Å². The Hall–Kier alpha value is -0.610. The van der Waals surface area contributed by atoms with Gasteiger partial charge >= 0.3 is 0 Å². The lowest BCUT2D eigenvalue weighted by molar-refractivity contribution is -0.140. The van der Waals surface area contributed by atoms with E-state index in [1.54, 1.807) is 0 Å². The number of hydroxylamine groups is 1. The van der Waals surface area contributed by atoms with Crippen molar-refractivity contribution in [2.75, 3.05) is 6.54 Å². The molecule has 1 aliphatic carbocycles. The number of carbonyl (C=O) groups is 1. The maximum atomic E-state index is 12.4. The van der Waals surface area contributed by atoms with Gasteiger partial charge in [-0.3, -0.25) is 10.0 Å². The number of carbonyl (C=O) groups excluding carboxylic acids is 1. The molecule has 1 aliphatic heterocycles. The molecule has 0 bridgehead atoms. The van der Waals surface area contributed by atoms with Crippen LogP contribution >= 0.6 is 0 Å². The highest BCUT2D eigenvalue weighted by atomic mass is 16.5. The third-order valence-electron chi connectivity index (χ3n) is 5.25. The van der Waals surface area contributed by atoms with Crippen LogP contribution in [-0.2, 0) is 4.79 Å². The maximum Gasteiger partial charge on any atom is 0.263 e. The van der Waals surface area contributed by atoms with E-state index in [9.17, 15) is 10.0 Å². The van der Waals surface area contributed by atoms with Gasteiger partial charge in [0.05, 0.1) is 0 Å². The quantitative estimate of drug-likeness (QED) is 0.538. The number of hydrogen-bond acceptors (Lipinski definition) is 3. The molecule has 1 atom stereocenters. The molecule has 4 nitrogen and oxygen atoms in total. The largest absolute Gasteiger partial charge is 0.303 e. The Morgan fingerprint density at radius 2 is 1.55 bits per heavy atom. The van der Waals surface area contributed by atoms with E-state index < -0.39 is 5.54 Å². The minimum atomic E-state index is -0.535. The highest BCUT2D eigenvalue weighted by Gasteiger charge is 2.44. The molecule has 2 aliphatic rings. The minimum absolute atomic E-state index is 0.204. The van der Waals surface area contributed by atoms with Gasteiger partial charge in [0.25, 0.3) is 5.91 Å². The van der Waals surface area contributed by atoms with E-state index >= 15 is 0 Å². The summed E-state index contributed by atoms with van der Waals surface area (Å²) >= 11 is 0. The minimum Gasteiger partial charge on any atom is -0.303 e. The van der Waals surface area contributed by atoms with Gasteiger partial charge in [-0.05, 0) is 38.1 Å². The van der Waals surface area contributed by atoms with Crippen LogP contribution < -0.4 is 10.8 Å². The van der Waals surface area contributed by atoms with Crippen LogP contribution in [-0.4, -0.2) is 23.2 Å². The number of hydrogen-bond donors (Lipinski definition) is 3. The number of nitrogens with one attached hydrogen (secondary N) is 2. The molecule has 2 rings (SSSR count). The van der Waals surface area contributed by atoms with E-state index in [1.165, 1.54) is 44.9 Å². The Kier molecular flexibility index (Phi) is 6.30. The first-order valence-corrected chi connectivity index (χ1v) is 8.49. The van der Waals surface area contributed by atoms with E-state index in [2.05, 4.69) is 5.32 Å². The molecule has 4 heteroatoms. The smallest absolute Gasteiger partial charge is 0.263 e. The highest BCUT2D eigenvalue weighted by molar-refractivity contribution is 5.85. The summed E-state index contributed by atoms with van der Waals surface area (Å²) in [7, 11) is 0. The van der Waals surface area contributed by atoms with Crippen molar-refractivity contribution in [1.29, 1.82) is 0 Å². The van der Waals surface area contributed by atoms with Crippen molar-refractivity contribution in [3.05, 3.63) is 0 Å². The molecule has 0 radical (unpaired) electrons. The van der Waals surface area contributed by atoms with Crippen molar-refractivity contribution in [2.45, 2.75) is 82.6 Å². The van der Waals surface area contributed by atoms with E-state index in [-0.39, 0.29) is 5.91 Å². The van der Waals surface area contributed by atoms with E-state index in [1.807, 2.05) is 5.48 Å². The van der Waals surface area contributed by atoms with Gasteiger partial charge in [0.15, 0.2) is 0 Å². The molecule has 2 fully saturated rings. The molecule has 1 saturated carbocycles. The molecule has 116 valence electrons. The van der Waals surface area contributed by atoms with Gasteiger partial charge in [0, 0.05) is 0 Å². The van der Waals surface area contributed by atoms with Crippen LogP contribution in [0.2, 0.25) is 0 Å². The molecule has 0 aromatic carbocycles. The van der Waals surface area contributed by atoms with Crippen LogP contribution in [0.5, 0.6) is 0 Å². The molecule has 0 aromatic heterocycles. The van der Waals surface area contributed by atoms with Crippen molar-refractivity contribution in [1.82, 2.24) is 10.8 Å². The molecule has 20 heavy (non-hydrogen) atoms. The molecule has 0 aromatic rings. The molecule has 0 spiro atoms. The molecule has 1 heterocycles. The molecular weight excluding hydrogens is 252 g/mol. The standard InChI is InChI=1S/C16H30N2O2/c19-15(18-20)16(12-8-4-5-9-13-17-16)14-10-6-2-1-3-7-11-14/h14,17,20H,1-13H2,(H,18,19). The van der Waals surface area contributed by atoms with Crippen molar-refractivity contribution < 1.29 is 10.0 Å². The third kappa shape index (κ3) is 3.73. The second-order valence-corrected chi connectivity index (χ2v) is 6.55. The fourth-order valence-electron chi connectivity index (χ4n) is 4.06. The van der Waals surface area contributed by atoms with Gasteiger partial charge in [-0.15, -0.1) is 0 Å². The second kappa shape index (κ2) is 7.99. The van der Waals surface area contributed by atoms with Gasteiger partial charge in [-0.25, -0.2) is 5.48 Å². The molecule has 3 N–H and O–H groups in total. The summed E-state index contributed by atoms with van der Waals surface area (Å²) in [5, 5.41) is 12.8. The normalized spacial score (nSPS) is 30.6. The first kappa shape index (κ1) is 15.8. The predicted octanol–water partition coefficient (Wildman–Crippen LogP) is 3.14. The maximum absolute atomic E-state index is 12.4. The highest BCUT2D eigenvalue weighted by Crippen LogP contribution is 2.35. The zero-order chi connectivity index (χ0) is 14.3. The van der Waals surface area contributed by atoms with E-state index in [4.69, 9.17) is 0 Å². The molecule has 1 saturated heterocycles. The van der Waals surface area contributed by atoms with Crippen LogP contribution in [0.25, 0.3) is 0 Å². The first-order chi connectivity index (χ1) is 9.79. The van der Waals surface area contributed by atoms with Crippen molar-refractivity contribution in [3.8, 4) is 0 Å². The fraction of sp³-hybridized carbons (Fsp3) is 0.938. The lowest BCUT2D eigenvalue weighted by Gasteiger charge is -2.42. The number of rotatable bonds is 2. The van der Waals surface area contributed by atoms with Gasteiger partial charge < -0.3 is 5.32 Å². The Morgan fingerprint density at radius 1 is 0.950 bits per heavy atom. The summed E-state index contributed by atoms with van der Waals surface area (Å²) in [6.07, 6.45) is 14.1. The monoisotopic (exact) mass is 282 g/mol. The lowest BCUT2D eigenvalue weighted by atomic mass is 9.72. The Bertz CT molecular complexity index is 291. The van der Waals surface area contributed by atoms with Crippen molar-refractivity contribution in [3.63, 3.8) is 0 Å². The fourth-order valence-corrected chi connectivity index (χ4v) is 4.06. The Labute approximate surface area is 122 Å². The molecule has 1 amide bonds. The molecule has 1 unspecified atom stereocenters. The summed E-state index contributed by atoms with van der Waals surface area (Å²) in [4.78, 5) is 12.4. The first-order valence-electron chi connectivity index (χ1n) is 8.49. The van der Waals surface area contributed by atoms with Crippen LogP contribution in [0.3, 0.4) is 0 Å². The summed E-state index contributed by atoms with van der Waals surface area (Å²) in [5.41, 5.74) is 1.42. The van der Waals surface area contributed by atoms with Gasteiger partial charge in [0.2, 0.25) is 0 Å². The van der Waals surface area contributed by atoms with Crippen molar-refractivity contribution in [2.24, 2.45) is 5.92 Å². The van der Waals surface area contributed by atoms with Crippen LogP contribution in [0.1, 0.15) is 77.0 Å². The summed E-state index contributed by atoms with van der Waals surface area (Å²) < 4.78 is 0. The van der Waals surface area contributed by atoms with Crippen molar-refractivity contribution >= 4 is 5.91 Å². The van der Waals surface area contributed by atoms with Gasteiger partial charge in [0.1, 0.15) is 5.54 Å². The lowest BCUT2D eigenvalue weighted by Crippen LogP contribution is -2.61. The summed E-state index contributed by atoms with van der Waals surface area (Å²) in [6.45, 7) is 0.893. The van der Waals surface area contributed by atoms with Gasteiger partial charge in [-0.2, -0.15) is 0 Å². The summed E-state index contributed by atoms with van der Waals surface area (Å²) in [6, 6.07) is 0.